The molecule has 0 radical (unpaired) electrons. The molecule has 1 rings (SSSR count). The van der Waals surface area contributed by atoms with Crippen LogP contribution in [0, 0.1) is 5.92 Å². The van der Waals surface area contributed by atoms with Gasteiger partial charge >= 0.3 is 17.9 Å². The summed E-state index contributed by atoms with van der Waals surface area (Å²) < 4.78 is 16.6. The molecule has 7 nitrogen and oxygen atoms in total. The lowest BCUT2D eigenvalue weighted by atomic mass is 9.94. The predicted molar refractivity (Wildman–Crippen MR) is 245 cm³/mol. The molecule has 0 amide bonds. The average molecular weight is 836 g/mol. The second-order valence-corrected chi connectivity index (χ2v) is 19.0. The van der Waals surface area contributed by atoms with Gasteiger partial charge in [-0.3, -0.25) is 14.4 Å². The Bertz CT molecular complexity index is 1060. The number of ether oxygens (including phenoxy) is 3. The Kier molecular flexibility index (Phi) is 37.2. The third kappa shape index (κ3) is 34.8. The zero-order chi connectivity index (χ0) is 41.4. The molecule has 0 heterocycles. The van der Waals surface area contributed by atoms with E-state index < -0.39 is 0 Å². The van der Waals surface area contributed by atoms with E-state index in [1.807, 2.05) is 26.2 Å². The summed E-state index contributed by atoms with van der Waals surface area (Å²) in [6.07, 6.45) is 34.8. The second-order valence-electron chi connectivity index (χ2n) is 16.3. The molecule has 0 bridgehead atoms. The molecule has 0 fully saturated rings. The average Bonchev–Trinajstić information content (AvgIpc) is 3.19. The van der Waals surface area contributed by atoms with Crippen LogP contribution < -0.4 is 4.74 Å². The highest BCUT2D eigenvalue weighted by Crippen LogP contribution is 2.24. The SMILES string of the molecule is CCCCCCCCCCCCCCC(CCCCCCCCCCCCCC)C(=O)Oc1ccc(CC(=O)OCCSSCCOC(=O)CCCN(C)C)cc1. The molecule has 9 heteroatoms. The first-order chi connectivity index (χ1) is 27.8. The highest BCUT2D eigenvalue weighted by molar-refractivity contribution is 8.76. The molecule has 0 spiro atoms. The van der Waals surface area contributed by atoms with E-state index in [1.165, 1.54) is 141 Å². The van der Waals surface area contributed by atoms with Crippen LogP contribution in [-0.2, 0) is 30.3 Å². The minimum Gasteiger partial charge on any atom is -0.465 e. The van der Waals surface area contributed by atoms with Crippen LogP contribution in [0.1, 0.15) is 199 Å². The number of benzene rings is 1. The number of carbonyl (C=O) groups is 3. The molecule has 0 N–H and O–H groups in total. The monoisotopic (exact) mass is 836 g/mol. The first kappa shape index (κ1) is 53.3. The van der Waals surface area contributed by atoms with Crippen LogP contribution in [-0.4, -0.2) is 68.2 Å². The standard InChI is InChI=1S/C48H85NO6S2/c1-5-7-9-11-13-15-17-19-21-23-25-27-30-44(31-28-26-24-22-20-18-16-14-12-10-8-6-2)48(52)55-45-35-33-43(34-36-45)42-47(51)54-39-41-57-56-40-38-53-46(50)32-29-37-49(3)4/h33-36,44H,5-32,37-42H2,1-4H3. The smallest absolute Gasteiger partial charge is 0.314 e. The fourth-order valence-electron chi connectivity index (χ4n) is 7.04. The Hall–Kier alpha value is -1.71. The maximum absolute atomic E-state index is 13.4. The fraction of sp³-hybridized carbons (Fsp3) is 0.812. The Morgan fingerprint density at radius 2 is 0.947 bits per heavy atom. The van der Waals surface area contributed by atoms with Gasteiger partial charge in [-0.05, 0) is 57.6 Å². The number of hydrogen-bond acceptors (Lipinski definition) is 9. The number of nitrogens with zero attached hydrogens (tertiary/aromatic N) is 1. The lowest BCUT2D eigenvalue weighted by Crippen LogP contribution is -2.21. The maximum atomic E-state index is 13.4. The van der Waals surface area contributed by atoms with E-state index in [0.717, 1.165) is 44.2 Å². The number of rotatable bonds is 41. The molecular formula is C48H85NO6S2. The molecule has 0 unspecified atom stereocenters. The van der Waals surface area contributed by atoms with Gasteiger partial charge in [0.25, 0.3) is 0 Å². The Morgan fingerprint density at radius 3 is 1.37 bits per heavy atom. The van der Waals surface area contributed by atoms with Crippen molar-refractivity contribution in [3.8, 4) is 5.75 Å². The van der Waals surface area contributed by atoms with Gasteiger partial charge in [0.1, 0.15) is 19.0 Å². The molecule has 0 saturated heterocycles. The van der Waals surface area contributed by atoms with Crippen LogP contribution in [0.2, 0.25) is 0 Å². The zero-order valence-electron chi connectivity index (χ0n) is 37.1. The van der Waals surface area contributed by atoms with Crippen molar-refractivity contribution in [3.63, 3.8) is 0 Å². The molecule has 1 aromatic rings. The summed E-state index contributed by atoms with van der Waals surface area (Å²) in [7, 11) is 7.19. The van der Waals surface area contributed by atoms with Crippen molar-refractivity contribution in [1.82, 2.24) is 4.90 Å². The first-order valence-electron chi connectivity index (χ1n) is 23.4. The molecular weight excluding hydrogens is 751 g/mol. The third-order valence-electron chi connectivity index (χ3n) is 10.6. The lowest BCUT2D eigenvalue weighted by Gasteiger charge is -2.16. The highest BCUT2D eigenvalue weighted by Gasteiger charge is 2.20. The normalized spacial score (nSPS) is 11.4. The minimum atomic E-state index is -0.276. The van der Waals surface area contributed by atoms with E-state index in [4.69, 9.17) is 14.2 Å². The van der Waals surface area contributed by atoms with Crippen LogP contribution in [0.4, 0.5) is 0 Å². The third-order valence-corrected chi connectivity index (χ3v) is 12.9. The largest absolute Gasteiger partial charge is 0.465 e. The van der Waals surface area contributed by atoms with Gasteiger partial charge in [0.05, 0.1) is 12.3 Å². The van der Waals surface area contributed by atoms with Crippen molar-refractivity contribution >= 4 is 39.5 Å². The topological polar surface area (TPSA) is 82.1 Å². The van der Waals surface area contributed by atoms with Gasteiger partial charge in [-0.25, -0.2) is 0 Å². The molecule has 1 aromatic carbocycles. The predicted octanol–water partition coefficient (Wildman–Crippen LogP) is 13.7. The molecule has 0 aliphatic heterocycles. The molecule has 57 heavy (non-hydrogen) atoms. The summed E-state index contributed by atoms with van der Waals surface area (Å²) in [5.74, 6) is 1.32. The Labute approximate surface area is 358 Å². The van der Waals surface area contributed by atoms with Gasteiger partial charge in [0.2, 0.25) is 0 Å². The molecule has 0 aromatic heterocycles. The molecule has 0 aliphatic rings. The quantitative estimate of drug-likeness (QED) is 0.0277. The van der Waals surface area contributed by atoms with E-state index in [2.05, 4.69) is 18.7 Å². The maximum Gasteiger partial charge on any atom is 0.314 e. The van der Waals surface area contributed by atoms with Crippen molar-refractivity contribution < 1.29 is 28.6 Å². The summed E-state index contributed by atoms with van der Waals surface area (Å²) in [4.78, 5) is 39.7. The van der Waals surface area contributed by atoms with Crippen molar-refractivity contribution in [1.29, 1.82) is 0 Å². The van der Waals surface area contributed by atoms with Gasteiger partial charge in [-0.2, -0.15) is 0 Å². The number of carbonyl (C=O) groups excluding carboxylic acids is 3. The second kappa shape index (κ2) is 39.7. The van der Waals surface area contributed by atoms with Crippen LogP contribution in [0.25, 0.3) is 0 Å². The van der Waals surface area contributed by atoms with Crippen LogP contribution in [0.3, 0.4) is 0 Å². The van der Waals surface area contributed by atoms with E-state index in [0.29, 0.717) is 36.9 Å². The van der Waals surface area contributed by atoms with Crippen LogP contribution in [0.5, 0.6) is 5.75 Å². The first-order valence-corrected chi connectivity index (χ1v) is 25.9. The van der Waals surface area contributed by atoms with E-state index in [9.17, 15) is 14.4 Å². The molecule has 0 atom stereocenters. The van der Waals surface area contributed by atoms with Gasteiger partial charge in [-0.1, -0.05) is 202 Å². The lowest BCUT2D eigenvalue weighted by molar-refractivity contribution is -0.143. The summed E-state index contributed by atoms with van der Waals surface area (Å²) in [5.41, 5.74) is 0.832. The molecule has 330 valence electrons. The van der Waals surface area contributed by atoms with E-state index in [1.54, 1.807) is 33.7 Å². The van der Waals surface area contributed by atoms with Gasteiger partial charge in [-0.15, -0.1) is 0 Å². The van der Waals surface area contributed by atoms with Gasteiger partial charge in [0, 0.05) is 17.9 Å². The van der Waals surface area contributed by atoms with Crippen molar-refractivity contribution in [2.24, 2.45) is 5.92 Å². The summed E-state index contributed by atoms with van der Waals surface area (Å²) in [5, 5.41) is 0. The molecule has 0 saturated carbocycles. The van der Waals surface area contributed by atoms with Gasteiger partial charge in [0.15, 0.2) is 0 Å². The molecule has 0 aliphatic carbocycles. The number of unbranched alkanes of at least 4 members (excludes halogenated alkanes) is 22. The zero-order valence-corrected chi connectivity index (χ0v) is 38.8. The van der Waals surface area contributed by atoms with Crippen molar-refractivity contribution in [3.05, 3.63) is 29.8 Å². The van der Waals surface area contributed by atoms with Gasteiger partial charge < -0.3 is 19.1 Å². The number of hydrogen-bond donors (Lipinski definition) is 0. The van der Waals surface area contributed by atoms with E-state index >= 15 is 0 Å². The van der Waals surface area contributed by atoms with Crippen LogP contribution in [0.15, 0.2) is 24.3 Å². The van der Waals surface area contributed by atoms with Crippen molar-refractivity contribution in [2.75, 3.05) is 45.4 Å². The Balaban J connectivity index is 2.37. The summed E-state index contributed by atoms with van der Waals surface area (Å²) in [6.45, 7) is 6.15. The fourth-order valence-corrected chi connectivity index (χ4v) is 8.70. The summed E-state index contributed by atoms with van der Waals surface area (Å²) >= 11 is 0. The summed E-state index contributed by atoms with van der Waals surface area (Å²) in [6, 6.07) is 7.29. The number of esters is 3. The minimum absolute atomic E-state index is 0.0602. The van der Waals surface area contributed by atoms with E-state index in [-0.39, 0.29) is 30.2 Å². The Morgan fingerprint density at radius 1 is 0.544 bits per heavy atom. The highest BCUT2D eigenvalue weighted by atomic mass is 33.1. The van der Waals surface area contributed by atoms with Crippen LogP contribution >= 0.6 is 21.6 Å². The van der Waals surface area contributed by atoms with Crippen molar-refractivity contribution in [2.45, 2.75) is 200 Å².